The third-order valence-corrected chi connectivity index (χ3v) is 8.77. The molecule has 0 unspecified atom stereocenters. The Kier molecular flexibility index (Phi) is 12.2. The zero-order valence-corrected chi connectivity index (χ0v) is 26.4. The van der Waals surface area contributed by atoms with Crippen LogP contribution in [-0.2, 0) is 0 Å². The van der Waals surface area contributed by atoms with Gasteiger partial charge in [-0.2, -0.15) is 0 Å². The maximum absolute atomic E-state index is 13.3. The van der Waals surface area contributed by atoms with E-state index in [9.17, 15) is 4.79 Å². The fraction of sp³-hybridized carbons (Fsp3) is 0.410. The van der Waals surface area contributed by atoms with Gasteiger partial charge in [0.05, 0.1) is 0 Å². The SMILES string of the molecule is C=C/C=C\C1=CCN(CC(=C)[C@H](CC(C)C)NC(=C)[C@@H]2CCCC[C@@H]2NC(=O)c2ccc(-c3ccccc3)cc2)CCC1. The first kappa shape index (κ1) is 32.3. The number of nitrogens with zero attached hydrogens (tertiary/aromatic N) is 1. The fourth-order valence-electron chi connectivity index (χ4n) is 6.38. The molecule has 1 fully saturated rings. The van der Waals surface area contributed by atoms with Crippen LogP contribution >= 0.6 is 0 Å². The summed E-state index contributed by atoms with van der Waals surface area (Å²) in [5, 5.41) is 7.19. The highest BCUT2D eigenvalue weighted by molar-refractivity contribution is 5.95. The smallest absolute Gasteiger partial charge is 0.251 e. The Balaban J connectivity index is 1.38. The van der Waals surface area contributed by atoms with Crippen LogP contribution in [0.5, 0.6) is 0 Å². The molecule has 4 nitrogen and oxygen atoms in total. The minimum atomic E-state index is -0.0102. The highest BCUT2D eigenvalue weighted by Gasteiger charge is 2.30. The van der Waals surface area contributed by atoms with E-state index in [2.05, 4.69) is 73.4 Å². The molecule has 2 aliphatic rings. The number of hydrogen-bond acceptors (Lipinski definition) is 3. The first-order valence-corrected chi connectivity index (χ1v) is 16.1. The van der Waals surface area contributed by atoms with Gasteiger partial charge >= 0.3 is 0 Å². The number of benzene rings is 2. The Bertz CT molecular complexity index is 1290. The zero-order chi connectivity index (χ0) is 30.6. The number of amides is 1. The first-order chi connectivity index (χ1) is 20.8. The summed E-state index contributed by atoms with van der Waals surface area (Å²) in [4.78, 5) is 15.8. The monoisotopic (exact) mass is 577 g/mol. The van der Waals surface area contributed by atoms with Gasteiger partial charge in [-0.25, -0.2) is 0 Å². The second-order valence-corrected chi connectivity index (χ2v) is 12.6. The van der Waals surface area contributed by atoms with Gasteiger partial charge in [0, 0.05) is 42.4 Å². The maximum atomic E-state index is 13.3. The van der Waals surface area contributed by atoms with Crippen LogP contribution in [0, 0.1) is 11.8 Å². The molecular weight excluding hydrogens is 526 g/mol. The lowest BCUT2D eigenvalue weighted by atomic mass is 9.82. The normalized spacial score (nSPS) is 20.2. The van der Waals surface area contributed by atoms with Gasteiger partial charge in [0.1, 0.15) is 0 Å². The maximum Gasteiger partial charge on any atom is 0.251 e. The Hall–Kier alpha value is -3.63. The third kappa shape index (κ3) is 9.69. The van der Waals surface area contributed by atoms with Crippen LogP contribution in [0.3, 0.4) is 0 Å². The molecule has 1 saturated carbocycles. The first-order valence-electron chi connectivity index (χ1n) is 16.1. The highest BCUT2D eigenvalue weighted by Crippen LogP contribution is 2.30. The molecule has 43 heavy (non-hydrogen) atoms. The number of carbonyl (C=O) groups is 1. The molecule has 228 valence electrons. The zero-order valence-electron chi connectivity index (χ0n) is 26.4. The van der Waals surface area contributed by atoms with Crippen molar-refractivity contribution in [1.29, 1.82) is 0 Å². The number of rotatable bonds is 13. The number of carbonyl (C=O) groups excluding carboxylic acids is 1. The van der Waals surface area contributed by atoms with Gasteiger partial charge in [-0.3, -0.25) is 9.69 Å². The van der Waals surface area contributed by atoms with Gasteiger partial charge in [-0.15, -0.1) is 0 Å². The van der Waals surface area contributed by atoms with Crippen molar-refractivity contribution in [3.63, 3.8) is 0 Å². The molecule has 1 aliphatic carbocycles. The molecule has 2 N–H and O–H groups in total. The van der Waals surface area contributed by atoms with E-state index < -0.39 is 0 Å². The molecule has 1 heterocycles. The molecule has 0 bridgehead atoms. The van der Waals surface area contributed by atoms with Gasteiger partial charge in [-0.1, -0.05) is 119 Å². The van der Waals surface area contributed by atoms with Gasteiger partial charge in [-0.05, 0) is 73.4 Å². The van der Waals surface area contributed by atoms with E-state index >= 15 is 0 Å². The van der Waals surface area contributed by atoms with E-state index in [1.165, 1.54) is 11.1 Å². The Morgan fingerprint density at radius 1 is 1.00 bits per heavy atom. The van der Waals surface area contributed by atoms with Crippen LogP contribution in [0.2, 0.25) is 0 Å². The molecule has 0 saturated heterocycles. The van der Waals surface area contributed by atoms with Gasteiger partial charge in [0.2, 0.25) is 0 Å². The predicted molar refractivity (Wildman–Crippen MR) is 183 cm³/mol. The van der Waals surface area contributed by atoms with Gasteiger partial charge in [0.15, 0.2) is 0 Å². The van der Waals surface area contributed by atoms with Crippen molar-refractivity contribution in [3.05, 3.63) is 121 Å². The van der Waals surface area contributed by atoms with Crippen molar-refractivity contribution in [2.24, 2.45) is 11.8 Å². The van der Waals surface area contributed by atoms with Crippen LogP contribution in [-0.4, -0.2) is 42.5 Å². The van der Waals surface area contributed by atoms with Crippen molar-refractivity contribution in [3.8, 4) is 11.1 Å². The second-order valence-electron chi connectivity index (χ2n) is 12.6. The van der Waals surface area contributed by atoms with E-state index in [-0.39, 0.29) is 23.9 Å². The van der Waals surface area contributed by atoms with Crippen molar-refractivity contribution in [1.82, 2.24) is 15.5 Å². The molecule has 2 aromatic carbocycles. The number of allylic oxidation sites excluding steroid dienone is 4. The van der Waals surface area contributed by atoms with Crippen molar-refractivity contribution in [2.75, 3.05) is 19.6 Å². The molecule has 3 atom stereocenters. The molecular formula is C39H51N3O. The second kappa shape index (κ2) is 16.3. The average Bonchev–Trinajstić information content (AvgIpc) is 3.25. The lowest BCUT2D eigenvalue weighted by Gasteiger charge is -2.36. The highest BCUT2D eigenvalue weighted by atomic mass is 16.1. The van der Waals surface area contributed by atoms with Crippen LogP contribution in [0.1, 0.15) is 69.2 Å². The summed E-state index contributed by atoms with van der Waals surface area (Å²) in [6.07, 6.45) is 15.9. The molecule has 0 spiro atoms. The van der Waals surface area contributed by atoms with Crippen LogP contribution in [0.4, 0.5) is 0 Å². The van der Waals surface area contributed by atoms with E-state index in [0.29, 0.717) is 11.5 Å². The summed E-state index contributed by atoms with van der Waals surface area (Å²) in [5.74, 6) is 0.718. The van der Waals surface area contributed by atoms with Gasteiger partial charge < -0.3 is 10.6 Å². The predicted octanol–water partition coefficient (Wildman–Crippen LogP) is 8.48. The van der Waals surface area contributed by atoms with E-state index in [0.717, 1.165) is 81.4 Å². The molecule has 1 aliphatic heterocycles. The minimum absolute atomic E-state index is 0.0102. The van der Waals surface area contributed by atoms with E-state index in [4.69, 9.17) is 0 Å². The minimum Gasteiger partial charge on any atom is -0.382 e. The summed E-state index contributed by atoms with van der Waals surface area (Å²) in [5.41, 5.74) is 6.59. The Morgan fingerprint density at radius 3 is 2.44 bits per heavy atom. The quantitative estimate of drug-likeness (QED) is 0.185. The fourth-order valence-corrected chi connectivity index (χ4v) is 6.38. The summed E-state index contributed by atoms with van der Waals surface area (Å²) in [7, 11) is 0. The summed E-state index contributed by atoms with van der Waals surface area (Å²) >= 11 is 0. The lowest BCUT2D eigenvalue weighted by molar-refractivity contribution is 0.0912. The Labute approximate surface area is 260 Å². The molecule has 2 aromatic rings. The van der Waals surface area contributed by atoms with Crippen LogP contribution < -0.4 is 10.6 Å². The van der Waals surface area contributed by atoms with Crippen LogP contribution in [0.15, 0.2) is 115 Å². The van der Waals surface area contributed by atoms with Crippen molar-refractivity contribution < 1.29 is 4.79 Å². The van der Waals surface area contributed by atoms with Crippen molar-refractivity contribution in [2.45, 2.75) is 70.9 Å². The molecule has 1 amide bonds. The molecule has 0 radical (unpaired) electrons. The van der Waals surface area contributed by atoms with E-state index in [1.54, 1.807) is 0 Å². The summed E-state index contributed by atoms with van der Waals surface area (Å²) < 4.78 is 0. The largest absolute Gasteiger partial charge is 0.382 e. The van der Waals surface area contributed by atoms with Gasteiger partial charge in [0.25, 0.3) is 5.91 Å². The van der Waals surface area contributed by atoms with Crippen molar-refractivity contribution >= 4 is 5.91 Å². The molecule has 4 heteroatoms. The molecule has 4 rings (SSSR count). The number of hydrogen-bond donors (Lipinski definition) is 2. The summed E-state index contributed by atoms with van der Waals surface area (Å²) in [6, 6.07) is 18.4. The van der Waals surface area contributed by atoms with E-state index in [1.807, 2.05) is 54.6 Å². The average molecular weight is 578 g/mol. The Morgan fingerprint density at radius 2 is 1.72 bits per heavy atom. The lowest BCUT2D eigenvalue weighted by Crippen LogP contribution is -2.46. The standard InChI is InChI=1S/C39H51N3O/c1-6-7-14-32-15-13-25-42(26-24-32)28-30(4)38(27-29(2)3)40-31(5)36-18-11-12-19-37(36)41-39(43)35-22-20-34(21-23-35)33-16-9-8-10-17-33/h6-10,14,16-17,20-24,29,36-38,40H,1,4-5,11-13,15,18-19,25-28H2,2-3H3,(H,41,43)/b14-7-/t36-,37-,38-/m0/s1. The molecule has 0 aromatic heterocycles. The van der Waals surface area contributed by atoms with Crippen LogP contribution in [0.25, 0.3) is 11.1 Å². The number of nitrogens with one attached hydrogen (secondary N) is 2. The topological polar surface area (TPSA) is 44.4 Å². The summed E-state index contributed by atoms with van der Waals surface area (Å²) in [6.45, 7) is 20.3. The third-order valence-electron chi connectivity index (χ3n) is 8.77.